The molecule has 0 bridgehead atoms. The van der Waals surface area contributed by atoms with E-state index in [9.17, 15) is 9.59 Å². The quantitative estimate of drug-likeness (QED) is 0.672. The second-order valence-corrected chi connectivity index (χ2v) is 6.31. The molecule has 2 amide bonds. The van der Waals surface area contributed by atoms with Gasteiger partial charge >= 0.3 is 0 Å². The zero-order valence-electron chi connectivity index (χ0n) is 12.0. The summed E-state index contributed by atoms with van der Waals surface area (Å²) in [7, 11) is 0. The summed E-state index contributed by atoms with van der Waals surface area (Å²) < 4.78 is 0. The molecule has 4 nitrogen and oxygen atoms in total. The predicted octanol–water partition coefficient (Wildman–Crippen LogP) is 2.31. The fourth-order valence-corrected chi connectivity index (χ4v) is 3.53. The van der Waals surface area contributed by atoms with E-state index in [2.05, 4.69) is 0 Å². The number of rotatable bonds is 2. The summed E-state index contributed by atoms with van der Waals surface area (Å²) in [4.78, 5) is 26.9. The van der Waals surface area contributed by atoms with Gasteiger partial charge in [0.05, 0.1) is 17.5 Å². The number of amides is 2. The third-order valence-electron chi connectivity index (χ3n) is 4.58. The summed E-state index contributed by atoms with van der Waals surface area (Å²) in [5.41, 5.74) is 7.86. The van der Waals surface area contributed by atoms with Crippen LogP contribution in [0.1, 0.15) is 36.8 Å². The lowest BCUT2D eigenvalue weighted by atomic mass is 9.81. The largest absolute Gasteiger partial charge is 0.389 e. The topological polar surface area (TPSA) is 63.4 Å². The van der Waals surface area contributed by atoms with Crippen LogP contribution in [0.2, 0.25) is 0 Å². The Morgan fingerprint density at radius 1 is 1.19 bits per heavy atom. The van der Waals surface area contributed by atoms with E-state index < -0.39 is 0 Å². The van der Waals surface area contributed by atoms with E-state index in [1.807, 2.05) is 19.1 Å². The van der Waals surface area contributed by atoms with E-state index in [4.69, 9.17) is 18.0 Å². The number of imide groups is 1. The molecule has 2 fully saturated rings. The highest BCUT2D eigenvalue weighted by molar-refractivity contribution is 7.80. The van der Waals surface area contributed by atoms with Crippen LogP contribution in [0.15, 0.2) is 18.2 Å². The highest BCUT2D eigenvalue weighted by atomic mass is 32.1. The molecule has 1 aromatic rings. The summed E-state index contributed by atoms with van der Waals surface area (Å²) in [6, 6.07) is 5.43. The molecule has 1 aliphatic heterocycles. The Bertz CT molecular complexity index is 617. The van der Waals surface area contributed by atoms with Crippen molar-refractivity contribution >= 4 is 34.7 Å². The van der Waals surface area contributed by atoms with E-state index in [1.165, 1.54) is 4.90 Å². The van der Waals surface area contributed by atoms with Crippen LogP contribution in [0.3, 0.4) is 0 Å². The van der Waals surface area contributed by atoms with Gasteiger partial charge in [-0.1, -0.05) is 37.2 Å². The van der Waals surface area contributed by atoms with Crippen molar-refractivity contribution in [3.63, 3.8) is 0 Å². The Morgan fingerprint density at radius 2 is 1.76 bits per heavy atom. The molecule has 1 aliphatic carbocycles. The Morgan fingerprint density at radius 3 is 2.29 bits per heavy atom. The Labute approximate surface area is 129 Å². The van der Waals surface area contributed by atoms with Gasteiger partial charge in [-0.2, -0.15) is 0 Å². The monoisotopic (exact) mass is 302 g/mol. The molecule has 2 unspecified atom stereocenters. The van der Waals surface area contributed by atoms with Crippen molar-refractivity contribution in [2.75, 3.05) is 4.90 Å². The number of hydrogen-bond donors (Lipinski definition) is 1. The number of benzene rings is 1. The van der Waals surface area contributed by atoms with Gasteiger partial charge in [-0.15, -0.1) is 0 Å². The van der Waals surface area contributed by atoms with Crippen LogP contribution in [-0.4, -0.2) is 16.8 Å². The second kappa shape index (κ2) is 5.22. The molecule has 3 rings (SSSR count). The molecular weight excluding hydrogens is 284 g/mol. The van der Waals surface area contributed by atoms with Crippen LogP contribution >= 0.6 is 12.2 Å². The number of nitrogens with two attached hydrogens (primary N) is 1. The van der Waals surface area contributed by atoms with E-state index in [-0.39, 0.29) is 28.6 Å². The average molecular weight is 302 g/mol. The molecule has 0 aromatic heterocycles. The van der Waals surface area contributed by atoms with Gasteiger partial charge in [0.2, 0.25) is 11.8 Å². The van der Waals surface area contributed by atoms with Crippen molar-refractivity contribution in [2.45, 2.75) is 32.6 Å². The lowest BCUT2D eigenvalue weighted by Gasteiger charge is -2.19. The maximum atomic E-state index is 12.6. The molecule has 1 saturated carbocycles. The summed E-state index contributed by atoms with van der Waals surface area (Å²) >= 11 is 4.99. The zero-order valence-corrected chi connectivity index (χ0v) is 12.8. The molecule has 110 valence electrons. The van der Waals surface area contributed by atoms with Gasteiger partial charge in [0.25, 0.3) is 0 Å². The molecule has 2 aliphatic rings. The van der Waals surface area contributed by atoms with Crippen molar-refractivity contribution in [3.05, 3.63) is 29.3 Å². The molecule has 2 N–H and O–H groups in total. The number of carbonyl (C=O) groups is 2. The van der Waals surface area contributed by atoms with Crippen LogP contribution in [0.5, 0.6) is 0 Å². The van der Waals surface area contributed by atoms with Gasteiger partial charge in [-0.05, 0) is 31.4 Å². The van der Waals surface area contributed by atoms with Crippen molar-refractivity contribution in [3.8, 4) is 0 Å². The minimum atomic E-state index is -0.140. The van der Waals surface area contributed by atoms with E-state index in [0.717, 1.165) is 31.2 Å². The number of aryl methyl sites for hydroxylation is 1. The summed E-state index contributed by atoms with van der Waals surface area (Å²) in [5, 5.41) is 0. The van der Waals surface area contributed by atoms with Crippen molar-refractivity contribution < 1.29 is 9.59 Å². The number of carbonyl (C=O) groups excluding carboxylic acids is 2. The van der Waals surface area contributed by atoms with Gasteiger partial charge < -0.3 is 5.73 Å². The molecule has 1 saturated heterocycles. The molecule has 21 heavy (non-hydrogen) atoms. The molecular formula is C16H18N2O2S. The summed E-state index contributed by atoms with van der Waals surface area (Å²) in [6.07, 6.45) is 3.69. The van der Waals surface area contributed by atoms with Crippen LogP contribution in [0, 0.1) is 18.8 Å². The van der Waals surface area contributed by atoms with Crippen molar-refractivity contribution in [2.24, 2.45) is 17.6 Å². The van der Waals surface area contributed by atoms with E-state index >= 15 is 0 Å². The van der Waals surface area contributed by atoms with Crippen LogP contribution in [-0.2, 0) is 9.59 Å². The summed E-state index contributed by atoms with van der Waals surface area (Å²) in [6.45, 7) is 1.89. The second-order valence-electron chi connectivity index (χ2n) is 5.87. The fourth-order valence-electron chi connectivity index (χ4n) is 3.40. The highest BCUT2D eigenvalue weighted by Gasteiger charge is 2.49. The van der Waals surface area contributed by atoms with Gasteiger partial charge in [0, 0.05) is 5.56 Å². The van der Waals surface area contributed by atoms with Crippen molar-refractivity contribution in [1.82, 2.24) is 0 Å². The van der Waals surface area contributed by atoms with E-state index in [1.54, 1.807) is 6.07 Å². The number of anilines is 1. The summed E-state index contributed by atoms with van der Waals surface area (Å²) in [5.74, 6) is -0.404. The lowest BCUT2D eigenvalue weighted by molar-refractivity contribution is -0.122. The van der Waals surface area contributed by atoms with Crippen LogP contribution in [0.25, 0.3) is 0 Å². The van der Waals surface area contributed by atoms with Gasteiger partial charge in [-0.25, -0.2) is 4.90 Å². The molecule has 1 aromatic carbocycles. The minimum absolute atomic E-state index is 0.0621. The van der Waals surface area contributed by atoms with Crippen LogP contribution < -0.4 is 10.6 Å². The fraction of sp³-hybridized carbons (Fsp3) is 0.438. The highest BCUT2D eigenvalue weighted by Crippen LogP contribution is 2.40. The minimum Gasteiger partial charge on any atom is -0.389 e. The first kappa shape index (κ1) is 14.2. The Balaban J connectivity index is 2.04. The maximum Gasteiger partial charge on any atom is 0.237 e. The molecule has 5 heteroatoms. The third kappa shape index (κ3) is 2.25. The smallest absolute Gasteiger partial charge is 0.237 e. The Hall–Kier alpha value is -1.75. The number of nitrogens with zero attached hydrogens (tertiary/aromatic N) is 1. The maximum absolute atomic E-state index is 12.6. The Kier molecular flexibility index (Phi) is 3.53. The average Bonchev–Trinajstić information content (AvgIpc) is 2.72. The molecule has 1 heterocycles. The first-order chi connectivity index (χ1) is 10.0. The SMILES string of the molecule is Cc1ccc(C(N)=S)cc1N1C(=O)C2CCCCC2C1=O. The normalized spacial score (nSPS) is 25.1. The first-order valence-electron chi connectivity index (χ1n) is 7.29. The lowest BCUT2D eigenvalue weighted by Crippen LogP contribution is -2.31. The van der Waals surface area contributed by atoms with E-state index in [0.29, 0.717) is 11.3 Å². The number of thiocarbonyl (C=S) groups is 1. The van der Waals surface area contributed by atoms with Crippen molar-refractivity contribution in [1.29, 1.82) is 0 Å². The molecule has 0 radical (unpaired) electrons. The van der Waals surface area contributed by atoms with Crippen LogP contribution in [0.4, 0.5) is 5.69 Å². The standard InChI is InChI=1S/C16H18N2O2S/c1-9-6-7-10(14(17)21)8-13(9)18-15(19)11-4-2-3-5-12(11)16(18)20/h6-8,11-12H,2-5H2,1H3,(H2,17,21). The zero-order chi connectivity index (χ0) is 15.1. The predicted molar refractivity (Wildman–Crippen MR) is 85.0 cm³/mol. The molecule has 0 spiro atoms. The molecule has 2 atom stereocenters. The number of fused-ring (bicyclic) bond motifs is 1. The first-order valence-corrected chi connectivity index (χ1v) is 7.70. The van der Waals surface area contributed by atoms with Gasteiger partial charge in [0.1, 0.15) is 4.99 Å². The van der Waals surface area contributed by atoms with Gasteiger partial charge in [0.15, 0.2) is 0 Å². The third-order valence-corrected chi connectivity index (χ3v) is 4.81. The van der Waals surface area contributed by atoms with Gasteiger partial charge in [-0.3, -0.25) is 9.59 Å². The number of hydrogen-bond acceptors (Lipinski definition) is 3.